The molecule has 0 N–H and O–H groups in total. The van der Waals surface area contributed by atoms with Gasteiger partial charge in [-0.05, 0) is 51.1 Å². The maximum absolute atomic E-state index is 4.16. The summed E-state index contributed by atoms with van der Waals surface area (Å²) in [4.78, 5) is 2.15. The van der Waals surface area contributed by atoms with Gasteiger partial charge in [0.1, 0.15) is 0 Å². The maximum Gasteiger partial charge on any atom is 0.0461 e. The van der Waals surface area contributed by atoms with Gasteiger partial charge in [0.05, 0.1) is 0 Å². The summed E-state index contributed by atoms with van der Waals surface area (Å²) in [7, 11) is 0. The third kappa shape index (κ3) is 9.68. The van der Waals surface area contributed by atoms with E-state index in [2.05, 4.69) is 61.4 Å². The quantitative estimate of drug-likeness (QED) is 0.394. The molecule has 0 amide bonds. The van der Waals surface area contributed by atoms with Crippen molar-refractivity contribution in [1.29, 1.82) is 0 Å². The van der Waals surface area contributed by atoms with Crippen LogP contribution in [0.25, 0.3) is 0 Å². The van der Waals surface area contributed by atoms with Crippen molar-refractivity contribution in [1.82, 2.24) is 0 Å². The Morgan fingerprint density at radius 3 is 1.65 bits per heavy atom. The molecule has 0 bridgehead atoms. The van der Waals surface area contributed by atoms with Crippen molar-refractivity contribution in [2.45, 2.75) is 48.5 Å². The van der Waals surface area contributed by atoms with Gasteiger partial charge in [-0.2, -0.15) is 0 Å². The maximum atomic E-state index is 4.16. The molecule has 0 aliphatic rings. The first-order chi connectivity index (χ1) is 12.6. The smallest absolute Gasteiger partial charge is 0.0461 e. The van der Waals surface area contributed by atoms with Gasteiger partial charge in [0, 0.05) is 17.1 Å². The normalized spacial score (nSPS) is 8.73. The van der Waals surface area contributed by atoms with E-state index >= 15 is 0 Å². The first-order valence-electron chi connectivity index (χ1n) is 9.44. The molecule has 0 saturated heterocycles. The van der Waals surface area contributed by atoms with Crippen LogP contribution >= 0.6 is 0 Å². The zero-order chi connectivity index (χ0) is 20.4. The molecule has 0 fully saturated rings. The fourth-order valence-corrected chi connectivity index (χ4v) is 2.02. The van der Waals surface area contributed by atoms with Crippen molar-refractivity contribution in [2.24, 2.45) is 0 Å². The van der Waals surface area contributed by atoms with Crippen LogP contribution in [0.4, 0.5) is 11.4 Å². The number of nitrogens with zero attached hydrogens (tertiary/aromatic N) is 1. The zero-order valence-corrected chi connectivity index (χ0v) is 17.8. The highest BCUT2D eigenvalue weighted by Crippen LogP contribution is 2.29. The Kier molecular flexibility index (Phi) is 17.1. The summed E-state index contributed by atoms with van der Waals surface area (Å²) >= 11 is 0. The van der Waals surface area contributed by atoms with Crippen LogP contribution in [0, 0.1) is 6.92 Å². The average Bonchev–Trinajstić information content (AvgIpc) is 2.68. The lowest BCUT2D eigenvalue weighted by Gasteiger charge is -2.25. The van der Waals surface area contributed by atoms with Crippen LogP contribution in [0.1, 0.15) is 47.1 Å². The molecule has 0 atom stereocenters. The Morgan fingerprint density at radius 2 is 1.23 bits per heavy atom. The van der Waals surface area contributed by atoms with Gasteiger partial charge in [0.15, 0.2) is 0 Å². The second kappa shape index (κ2) is 17.3. The number of benzene rings is 2. The Balaban J connectivity index is 0. The van der Waals surface area contributed by atoms with Crippen LogP contribution < -0.4 is 4.90 Å². The summed E-state index contributed by atoms with van der Waals surface area (Å²) in [6, 6.07) is 18.8. The van der Waals surface area contributed by atoms with Gasteiger partial charge in [0.25, 0.3) is 0 Å². The number of aryl methyl sites for hydroxylation is 1. The van der Waals surface area contributed by atoms with E-state index < -0.39 is 0 Å². The van der Waals surface area contributed by atoms with E-state index in [1.54, 1.807) is 6.08 Å². The molecule has 2 aromatic carbocycles. The van der Waals surface area contributed by atoms with Gasteiger partial charge in [-0.1, -0.05) is 82.3 Å². The predicted octanol–water partition coefficient (Wildman–Crippen LogP) is 8.47. The summed E-state index contributed by atoms with van der Waals surface area (Å²) in [6.45, 7) is 21.5. The van der Waals surface area contributed by atoms with Gasteiger partial charge in [-0.25, -0.2) is 0 Å². The Labute approximate surface area is 162 Å². The lowest BCUT2D eigenvalue weighted by atomic mass is 10.1. The van der Waals surface area contributed by atoms with E-state index in [4.69, 9.17) is 0 Å². The molecule has 0 aliphatic heterocycles. The number of hydrogen-bond acceptors (Lipinski definition) is 1. The minimum atomic E-state index is 0.956. The van der Waals surface area contributed by atoms with E-state index in [-0.39, 0.29) is 0 Å². The molecule has 2 aromatic rings. The highest BCUT2D eigenvalue weighted by atomic mass is 15.1. The molecule has 1 heteroatoms. The standard InChI is InChI=1S/C18H19N.C3H6.2C2H6/c1-4-8-16(3)19(17-9-6-5-7-10-17)18-13-11-15(2)12-14-18;1-3-2;2*1-2/h4-14H,3H2,1-2H3;3H,1H2,2H3;2*1-2H3/b8-4-;;;. The van der Waals surface area contributed by atoms with Crippen molar-refractivity contribution < 1.29 is 0 Å². The third-order valence-electron chi connectivity index (χ3n) is 2.95. The van der Waals surface area contributed by atoms with Crippen LogP contribution in [0.3, 0.4) is 0 Å². The highest BCUT2D eigenvalue weighted by Gasteiger charge is 2.10. The highest BCUT2D eigenvalue weighted by molar-refractivity contribution is 5.69. The number of rotatable bonds is 4. The molecule has 142 valence electrons. The Morgan fingerprint density at radius 1 is 0.808 bits per heavy atom. The molecule has 26 heavy (non-hydrogen) atoms. The summed E-state index contributed by atoms with van der Waals surface area (Å²) < 4.78 is 0. The first kappa shape index (κ1) is 25.7. The van der Waals surface area contributed by atoms with Gasteiger partial charge >= 0.3 is 0 Å². The Bertz CT molecular complexity index is 606. The molecule has 0 aromatic heterocycles. The SMILES string of the molecule is C=C(/C=C\C)N(c1ccccc1)c1ccc(C)cc1.C=CC.CC.CC. The fourth-order valence-electron chi connectivity index (χ4n) is 2.02. The average molecular weight is 352 g/mol. The fraction of sp³-hybridized carbons (Fsp3) is 0.280. The van der Waals surface area contributed by atoms with Crippen molar-refractivity contribution in [3.8, 4) is 0 Å². The number of anilines is 2. The lowest BCUT2D eigenvalue weighted by Crippen LogP contribution is -2.14. The van der Waals surface area contributed by atoms with Crippen LogP contribution in [0.15, 0.2) is 91.7 Å². The predicted molar refractivity (Wildman–Crippen MR) is 122 cm³/mol. The summed E-state index contributed by atoms with van der Waals surface area (Å²) in [5.41, 5.74) is 4.46. The second-order valence-electron chi connectivity index (χ2n) is 4.91. The topological polar surface area (TPSA) is 3.24 Å². The molecule has 2 rings (SSSR count). The number of allylic oxidation sites excluding steroid dienone is 3. The van der Waals surface area contributed by atoms with Crippen molar-refractivity contribution in [2.75, 3.05) is 4.90 Å². The van der Waals surface area contributed by atoms with Crippen molar-refractivity contribution >= 4 is 11.4 Å². The number of para-hydroxylation sites is 1. The first-order valence-corrected chi connectivity index (χ1v) is 9.44. The van der Waals surface area contributed by atoms with E-state index in [0.717, 1.165) is 17.1 Å². The van der Waals surface area contributed by atoms with Crippen LogP contribution in [-0.2, 0) is 0 Å². The van der Waals surface area contributed by atoms with Crippen molar-refractivity contribution in [3.05, 3.63) is 97.2 Å². The van der Waals surface area contributed by atoms with Gasteiger partial charge in [-0.3, -0.25) is 0 Å². The van der Waals surface area contributed by atoms with Crippen LogP contribution in [-0.4, -0.2) is 0 Å². The molecule has 0 radical (unpaired) electrons. The van der Waals surface area contributed by atoms with Crippen LogP contribution in [0.2, 0.25) is 0 Å². The Hall–Kier alpha value is -2.54. The molecule has 0 heterocycles. The minimum absolute atomic E-state index is 0.956. The summed E-state index contributed by atoms with van der Waals surface area (Å²) in [6.07, 6.45) is 5.78. The molecule has 0 spiro atoms. The van der Waals surface area contributed by atoms with Gasteiger partial charge < -0.3 is 4.90 Å². The van der Waals surface area contributed by atoms with Crippen LogP contribution in [0.5, 0.6) is 0 Å². The summed E-state index contributed by atoms with van der Waals surface area (Å²) in [5.74, 6) is 0. The van der Waals surface area contributed by atoms with E-state index in [1.165, 1.54) is 5.56 Å². The summed E-state index contributed by atoms with van der Waals surface area (Å²) in [5, 5.41) is 0. The van der Waals surface area contributed by atoms with Gasteiger partial charge in [-0.15, -0.1) is 6.58 Å². The van der Waals surface area contributed by atoms with E-state index in [0.29, 0.717) is 0 Å². The molecular formula is C25H37N. The molecule has 0 unspecified atom stereocenters. The second-order valence-corrected chi connectivity index (χ2v) is 4.91. The molecule has 0 aliphatic carbocycles. The van der Waals surface area contributed by atoms with Gasteiger partial charge in [0.2, 0.25) is 0 Å². The zero-order valence-electron chi connectivity index (χ0n) is 17.8. The third-order valence-corrected chi connectivity index (χ3v) is 2.95. The monoisotopic (exact) mass is 351 g/mol. The van der Waals surface area contributed by atoms with E-state index in [9.17, 15) is 0 Å². The minimum Gasteiger partial charge on any atom is -0.311 e. The number of hydrogen-bond donors (Lipinski definition) is 0. The molecule has 0 saturated carbocycles. The largest absolute Gasteiger partial charge is 0.311 e. The lowest BCUT2D eigenvalue weighted by molar-refractivity contribution is 1.21. The molecular weight excluding hydrogens is 314 g/mol. The molecule has 1 nitrogen and oxygen atoms in total. The van der Waals surface area contributed by atoms with E-state index in [1.807, 2.05) is 71.9 Å². The van der Waals surface area contributed by atoms with Crippen molar-refractivity contribution in [3.63, 3.8) is 0 Å².